The van der Waals surface area contributed by atoms with E-state index in [2.05, 4.69) is 20.8 Å². The van der Waals surface area contributed by atoms with Crippen LogP contribution in [0, 0.1) is 0 Å². The molecule has 0 amide bonds. The summed E-state index contributed by atoms with van der Waals surface area (Å²) < 4.78 is 6.85. The molecule has 1 aromatic rings. The molecule has 0 bridgehead atoms. The van der Waals surface area contributed by atoms with Gasteiger partial charge in [-0.25, -0.2) is 0 Å². The van der Waals surface area contributed by atoms with E-state index in [0.29, 0.717) is 12.6 Å². The molecule has 0 spiro atoms. The van der Waals surface area contributed by atoms with Crippen LogP contribution < -0.4 is 4.74 Å². The van der Waals surface area contributed by atoms with Crippen molar-refractivity contribution in [2.45, 2.75) is 44.8 Å². The van der Waals surface area contributed by atoms with Gasteiger partial charge in [0.25, 0.3) is 0 Å². The lowest BCUT2D eigenvalue weighted by Gasteiger charge is -2.36. The van der Waals surface area contributed by atoms with E-state index in [-0.39, 0.29) is 6.10 Å². The highest BCUT2D eigenvalue weighted by Gasteiger charge is 2.23. The van der Waals surface area contributed by atoms with Crippen molar-refractivity contribution in [3.8, 4) is 5.75 Å². The van der Waals surface area contributed by atoms with Crippen molar-refractivity contribution in [3.05, 3.63) is 28.7 Å². The predicted octanol–water partition coefficient (Wildman–Crippen LogP) is 3.45. The summed E-state index contributed by atoms with van der Waals surface area (Å²) in [4.78, 5) is 2.47. The molecule has 1 aliphatic heterocycles. The first kappa shape index (κ1) is 15.8. The highest BCUT2D eigenvalue weighted by Crippen LogP contribution is 2.21. The van der Waals surface area contributed by atoms with Crippen LogP contribution in [0.15, 0.2) is 28.7 Å². The Labute approximate surface area is 130 Å². The van der Waals surface area contributed by atoms with Gasteiger partial charge in [0.15, 0.2) is 0 Å². The number of likely N-dealkylation sites (tertiary alicyclic amines) is 1. The molecular weight excluding hydrogens is 318 g/mol. The summed E-state index contributed by atoms with van der Waals surface area (Å²) in [6, 6.07) is 8.46. The molecule has 1 N–H and O–H groups in total. The highest BCUT2D eigenvalue weighted by molar-refractivity contribution is 9.10. The van der Waals surface area contributed by atoms with Gasteiger partial charge in [-0.1, -0.05) is 28.4 Å². The number of aliphatic hydroxyl groups excluding tert-OH is 1. The number of hydrogen-bond acceptors (Lipinski definition) is 3. The maximum absolute atomic E-state index is 9.59. The first-order valence-electron chi connectivity index (χ1n) is 7.45. The third-order valence-electron chi connectivity index (χ3n) is 3.81. The van der Waals surface area contributed by atoms with Crippen LogP contribution in [0.2, 0.25) is 0 Å². The molecular formula is C16H24BrNO2. The maximum atomic E-state index is 9.59. The molecule has 1 heterocycles. The van der Waals surface area contributed by atoms with E-state index in [1.54, 1.807) is 0 Å². The zero-order chi connectivity index (χ0) is 14.4. The van der Waals surface area contributed by atoms with Crippen LogP contribution in [-0.4, -0.2) is 41.8 Å². The van der Waals surface area contributed by atoms with Crippen LogP contribution in [0.25, 0.3) is 0 Å². The molecule has 1 aromatic carbocycles. The predicted molar refractivity (Wildman–Crippen MR) is 85.1 cm³/mol. The summed E-state index contributed by atoms with van der Waals surface area (Å²) in [7, 11) is 0. The third kappa shape index (κ3) is 5.08. The Morgan fingerprint density at radius 3 is 3.05 bits per heavy atom. The summed E-state index contributed by atoms with van der Waals surface area (Å²) >= 11 is 3.45. The minimum Gasteiger partial charge on any atom is -0.492 e. The first-order valence-corrected chi connectivity index (χ1v) is 8.25. The first-order chi connectivity index (χ1) is 9.65. The Hall–Kier alpha value is -0.580. The van der Waals surface area contributed by atoms with Gasteiger partial charge in [-0.15, -0.1) is 0 Å². The van der Waals surface area contributed by atoms with Crippen LogP contribution in [0.1, 0.15) is 32.6 Å². The largest absolute Gasteiger partial charge is 0.492 e. The number of halogens is 1. The molecule has 0 saturated carbocycles. The molecule has 0 radical (unpaired) electrons. The van der Waals surface area contributed by atoms with Gasteiger partial charge in [-0.2, -0.15) is 0 Å². The number of ether oxygens (including phenoxy) is 1. The van der Waals surface area contributed by atoms with Gasteiger partial charge >= 0.3 is 0 Å². The van der Waals surface area contributed by atoms with E-state index in [1.165, 1.54) is 19.3 Å². The molecule has 1 fully saturated rings. The van der Waals surface area contributed by atoms with Gasteiger partial charge in [0.1, 0.15) is 12.4 Å². The molecule has 2 rings (SSSR count). The fourth-order valence-electron chi connectivity index (χ4n) is 2.85. The summed E-state index contributed by atoms with van der Waals surface area (Å²) in [5.41, 5.74) is 0. The molecule has 0 aromatic heterocycles. The zero-order valence-electron chi connectivity index (χ0n) is 12.1. The normalized spacial score (nSPS) is 21.6. The van der Waals surface area contributed by atoms with Gasteiger partial charge < -0.3 is 9.84 Å². The van der Waals surface area contributed by atoms with Crippen molar-refractivity contribution in [2.24, 2.45) is 0 Å². The Kier molecular flexibility index (Phi) is 6.33. The standard InChI is InChI=1S/C16H24BrNO2/c1-13(19)11-15-6-2-3-8-18(15)9-10-20-16-7-4-5-14(17)12-16/h4-5,7,12-13,15,19H,2-3,6,8-11H2,1H3. The second-order valence-electron chi connectivity index (χ2n) is 5.58. The molecule has 1 aliphatic rings. The lowest BCUT2D eigenvalue weighted by Crippen LogP contribution is -2.43. The Balaban J connectivity index is 1.79. The van der Waals surface area contributed by atoms with Crippen molar-refractivity contribution in [2.75, 3.05) is 19.7 Å². The fourth-order valence-corrected chi connectivity index (χ4v) is 3.23. The number of hydrogen-bond donors (Lipinski definition) is 1. The molecule has 112 valence electrons. The molecule has 2 unspecified atom stereocenters. The van der Waals surface area contributed by atoms with Crippen LogP contribution in [0.4, 0.5) is 0 Å². The van der Waals surface area contributed by atoms with Crippen LogP contribution in [0.5, 0.6) is 5.75 Å². The van der Waals surface area contributed by atoms with E-state index in [0.717, 1.165) is 29.7 Å². The van der Waals surface area contributed by atoms with E-state index >= 15 is 0 Å². The molecule has 4 heteroatoms. The Bertz CT molecular complexity index is 411. The van der Waals surface area contributed by atoms with Crippen LogP contribution >= 0.6 is 15.9 Å². The summed E-state index contributed by atoms with van der Waals surface area (Å²) in [5, 5.41) is 9.59. The van der Waals surface area contributed by atoms with E-state index in [1.807, 2.05) is 31.2 Å². The molecule has 0 aliphatic carbocycles. The van der Waals surface area contributed by atoms with E-state index < -0.39 is 0 Å². The summed E-state index contributed by atoms with van der Waals surface area (Å²) in [5.74, 6) is 0.906. The second-order valence-corrected chi connectivity index (χ2v) is 6.49. The number of rotatable bonds is 6. The van der Waals surface area contributed by atoms with Gasteiger partial charge in [0.05, 0.1) is 6.10 Å². The average Bonchev–Trinajstić information content (AvgIpc) is 2.40. The van der Waals surface area contributed by atoms with Crippen molar-refractivity contribution in [1.29, 1.82) is 0 Å². The van der Waals surface area contributed by atoms with Crippen LogP contribution in [-0.2, 0) is 0 Å². The monoisotopic (exact) mass is 341 g/mol. The Morgan fingerprint density at radius 1 is 1.45 bits per heavy atom. The summed E-state index contributed by atoms with van der Waals surface area (Å²) in [6.45, 7) is 4.64. The van der Waals surface area contributed by atoms with Crippen molar-refractivity contribution >= 4 is 15.9 Å². The van der Waals surface area contributed by atoms with E-state index in [9.17, 15) is 5.11 Å². The smallest absolute Gasteiger partial charge is 0.120 e. The average molecular weight is 342 g/mol. The molecule has 2 atom stereocenters. The number of benzene rings is 1. The summed E-state index contributed by atoms with van der Waals surface area (Å²) in [6.07, 6.45) is 4.39. The minimum atomic E-state index is -0.216. The third-order valence-corrected chi connectivity index (χ3v) is 4.30. The number of piperidine rings is 1. The molecule has 1 saturated heterocycles. The second kappa shape index (κ2) is 8.01. The highest BCUT2D eigenvalue weighted by atomic mass is 79.9. The fraction of sp³-hybridized carbons (Fsp3) is 0.625. The number of aliphatic hydroxyl groups is 1. The Morgan fingerprint density at radius 2 is 2.30 bits per heavy atom. The zero-order valence-corrected chi connectivity index (χ0v) is 13.7. The molecule has 20 heavy (non-hydrogen) atoms. The van der Waals surface area contributed by atoms with Crippen molar-refractivity contribution < 1.29 is 9.84 Å². The lowest BCUT2D eigenvalue weighted by molar-refractivity contribution is 0.0761. The van der Waals surface area contributed by atoms with Gasteiger partial charge in [0.2, 0.25) is 0 Å². The number of nitrogens with zero attached hydrogens (tertiary/aromatic N) is 1. The van der Waals surface area contributed by atoms with Crippen molar-refractivity contribution in [1.82, 2.24) is 4.90 Å². The topological polar surface area (TPSA) is 32.7 Å². The van der Waals surface area contributed by atoms with Gasteiger partial charge in [-0.05, 0) is 50.9 Å². The van der Waals surface area contributed by atoms with Gasteiger partial charge in [-0.3, -0.25) is 4.90 Å². The van der Waals surface area contributed by atoms with Crippen LogP contribution in [0.3, 0.4) is 0 Å². The maximum Gasteiger partial charge on any atom is 0.120 e. The SMILES string of the molecule is CC(O)CC1CCCCN1CCOc1cccc(Br)c1. The molecule has 3 nitrogen and oxygen atoms in total. The quantitative estimate of drug-likeness (QED) is 0.860. The lowest BCUT2D eigenvalue weighted by atomic mass is 9.97. The minimum absolute atomic E-state index is 0.216. The van der Waals surface area contributed by atoms with E-state index in [4.69, 9.17) is 4.74 Å². The van der Waals surface area contributed by atoms with Crippen molar-refractivity contribution in [3.63, 3.8) is 0 Å². The van der Waals surface area contributed by atoms with Gasteiger partial charge in [0, 0.05) is 17.1 Å².